The normalized spacial score (nSPS) is 10.3. The van der Waals surface area contributed by atoms with Gasteiger partial charge in [0, 0.05) is 35.0 Å². The second-order valence-electron chi connectivity index (χ2n) is 3.98. The Hall–Kier alpha value is -2.21. The summed E-state index contributed by atoms with van der Waals surface area (Å²) in [7, 11) is 0. The van der Waals surface area contributed by atoms with Gasteiger partial charge in [0.15, 0.2) is 0 Å². The van der Waals surface area contributed by atoms with Gasteiger partial charge < -0.3 is 5.32 Å². The van der Waals surface area contributed by atoms with Gasteiger partial charge in [0.25, 0.3) is 0 Å². The number of nitrogens with one attached hydrogen (secondary N) is 1. The summed E-state index contributed by atoms with van der Waals surface area (Å²) >= 11 is 5.85. The summed E-state index contributed by atoms with van der Waals surface area (Å²) in [5, 5.41) is 13.5. The van der Waals surface area contributed by atoms with E-state index in [9.17, 15) is 18.9 Å². The van der Waals surface area contributed by atoms with Crippen LogP contribution in [0.4, 0.5) is 20.2 Å². The predicted octanol–water partition coefficient (Wildman–Crippen LogP) is 4.14. The Kier molecular flexibility index (Phi) is 4.14. The van der Waals surface area contributed by atoms with Crippen molar-refractivity contribution in [2.45, 2.75) is 6.54 Å². The van der Waals surface area contributed by atoms with Crippen LogP contribution in [0, 0.1) is 21.7 Å². The van der Waals surface area contributed by atoms with Crippen LogP contribution in [0.3, 0.4) is 0 Å². The fraction of sp³-hybridized carbons (Fsp3) is 0.0769. The molecule has 0 aliphatic heterocycles. The third kappa shape index (κ3) is 3.03. The average Bonchev–Trinajstić information content (AvgIpc) is 2.37. The van der Waals surface area contributed by atoms with Gasteiger partial charge in [-0.1, -0.05) is 17.7 Å². The van der Waals surface area contributed by atoms with E-state index in [1.54, 1.807) is 0 Å². The number of halogens is 3. The van der Waals surface area contributed by atoms with Gasteiger partial charge in [-0.2, -0.15) is 4.39 Å². The molecular weight excluding hydrogens is 290 g/mol. The molecule has 0 saturated heterocycles. The van der Waals surface area contributed by atoms with Gasteiger partial charge >= 0.3 is 5.69 Å². The number of nitro groups is 1. The second-order valence-corrected chi connectivity index (χ2v) is 4.38. The smallest absolute Gasteiger partial charge is 0.304 e. The molecular formula is C13H9ClF2N2O2. The highest BCUT2D eigenvalue weighted by Crippen LogP contribution is 2.23. The fourth-order valence-corrected chi connectivity index (χ4v) is 1.89. The molecule has 104 valence electrons. The van der Waals surface area contributed by atoms with E-state index in [2.05, 4.69) is 5.32 Å². The zero-order chi connectivity index (χ0) is 14.7. The predicted molar refractivity (Wildman–Crippen MR) is 71.8 cm³/mol. The maximum absolute atomic E-state index is 13.5. The summed E-state index contributed by atoms with van der Waals surface area (Å²) in [6, 6.07) is 7.65. The van der Waals surface area contributed by atoms with Crippen molar-refractivity contribution in [3.8, 4) is 0 Å². The third-order valence-corrected chi connectivity index (χ3v) is 3.03. The Balaban J connectivity index is 2.16. The summed E-state index contributed by atoms with van der Waals surface area (Å²) in [6.07, 6.45) is 0. The molecule has 0 saturated carbocycles. The molecule has 2 aromatic rings. The van der Waals surface area contributed by atoms with Gasteiger partial charge in [0.2, 0.25) is 5.82 Å². The van der Waals surface area contributed by atoms with Crippen LogP contribution in [0.2, 0.25) is 5.02 Å². The van der Waals surface area contributed by atoms with E-state index in [-0.39, 0.29) is 17.1 Å². The van der Waals surface area contributed by atoms with E-state index in [0.29, 0.717) is 5.69 Å². The third-order valence-electron chi connectivity index (χ3n) is 2.68. The van der Waals surface area contributed by atoms with Crippen molar-refractivity contribution in [3.63, 3.8) is 0 Å². The molecule has 2 rings (SSSR count). The maximum atomic E-state index is 13.5. The molecule has 1 N–H and O–H groups in total. The number of hydrogen-bond donors (Lipinski definition) is 1. The Morgan fingerprint density at radius 1 is 1.20 bits per heavy atom. The lowest BCUT2D eigenvalue weighted by Crippen LogP contribution is -2.03. The van der Waals surface area contributed by atoms with Crippen molar-refractivity contribution in [1.29, 1.82) is 0 Å². The summed E-state index contributed by atoms with van der Waals surface area (Å²) in [6.45, 7) is 0.0444. The molecule has 0 bridgehead atoms. The molecule has 0 atom stereocenters. The molecule has 0 aliphatic rings. The molecule has 4 nitrogen and oxygen atoms in total. The molecule has 0 heterocycles. The summed E-state index contributed by atoms with van der Waals surface area (Å²) in [5.41, 5.74) is -0.0696. The molecule has 0 unspecified atom stereocenters. The first-order valence-corrected chi connectivity index (χ1v) is 5.97. The van der Waals surface area contributed by atoms with Crippen LogP contribution in [-0.2, 0) is 6.54 Å². The maximum Gasteiger partial charge on any atom is 0.304 e. The number of anilines is 1. The van der Waals surface area contributed by atoms with Crippen LogP contribution < -0.4 is 5.32 Å². The van der Waals surface area contributed by atoms with Crippen LogP contribution in [0.5, 0.6) is 0 Å². The minimum absolute atomic E-state index is 0.0444. The number of rotatable bonds is 4. The highest BCUT2D eigenvalue weighted by Gasteiger charge is 2.14. The van der Waals surface area contributed by atoms with Crippen molar-refractivity contribution < 1.29 is 13.7 Å². The van der Waals surface area contributed by atoms with E-state index in [0.717, 1.165) is 12.1 Å². The Morgan fingerprint density at radius 2 is 1.95 bits per heavy atom. The van der Waals surface area contributed by atoms with Crippen LogP contribution in [0.15, 0.2) is 36.4 Å². The van der Waals surface area contributed by atoms with Crippen LogP contribution in [0.25, 0.3) is 0 Å². The molecule has 7 heteroatoms. The minimum atomic E-state index is -0.959. The summed E-state index contributed by atoms with van der Waals surface area (Å²) in [5.74, 6) is -1.44. The molecule has 2 aromatic carbocycles. The van der Waals surface area contributed by atoms with Crippen molar-refractivity contribution in [2.24, 2.45) is 0 Å². The first-order valence-electron chi connectivity index (χ1n) is 5.59. The number of hydrogen-bond acceptors (Lipinski definition) is 3. The number of benzene rings is 2. The summed E-state index contributed by atoms with van der Waals surface area (Å²) in [4.78, 5) is 9.67. The molecule has 0 amide bonds. The van der Waals surface area contributed by atoms with Gasteiger partial charge in [0.1, 0.15) is 5.82 Å². The highest BCUT2D eigenvalue weighted by molar-refractivity contribution is 6.31. The number of nitrogens with zero attached hydrogens (tertiary/aromatic N) is 1. The topological polar surface area (TPSA) is 55.2 Å². The first-order chi connectivity index (χ1) is 9.49. The van der Waals surface area contributed by atoms with Crippen molar-refractivity contribution >= 4 is 23.0 Å². The van der Waals surface area contributed by atoms with Gasteiger partial charge in [-0.15, -0.1) is 0 Å². The van der Waals surface area contributed by atoms with Crippen molar-refractivity contribution in [3.05, 3.63) is 68.7 Å². The largest absolute Gasteiger partial charge is 0.381 e. The van der Waals surface area contributed by atoms with Crippen molar-refractivity contribution in [1.82, 2.24) is 0 Å². The second kappa shape index (κ2) is 5.83. The average molecular weight is 299 g/mol. The van der Waals surface area contributed by atoms with Crippen LogP contribution in [-0.4, -0.2) is 4.92 Å². The fourth-order valence-electron chi connectivity index (χ4n) is 1.66. The zero-order valence-corrected chi connectivity index (χ0v) is 10.8. The van der Waals surface area contributed by atoms with Gasteiger partial charge in [0.05, 0.1) is 4.92 Å². The Labute approximate surface area is 118 Å². The van der Waals surface area contributed by atoms with Gasteiger partial charge in [-0.25, -0.2) is 4.39 Å². The summed E-state index contributed by atoms with van der Waals surface area (Å²) < 4.78 is 26.9. The van der Waals surface area contributed by atoms with Gasteiger partial charge in [-0.05, 0) is 18.2 Å². The van der Waals surface area contributed by atoms with E-state index in [4.69, 9.17) is 11.6 Å². The van der Waals surface area contributed by atoms with Crippen LogP contribution in [0.1, 0.15) is 5.56 Å². The van der Waals surface area contributed by atoms with E-state index in [1.165, 1.54) is 24.3 Å². The van der Waals surface area contributed by atoms with Crippen LogP contribution >= 0.6 is 11.6 Å². The molecule has 0 aliphatic carbocycles. The molecule has 20 heavy (non-hydrogen) atoms. The first kappa shape index (κ1) is 14.2. The Morgan fingerprint density at radius 3 is 2.55 bits per heavy atom. The lowest BCUT2D eigenvalue weighted by molar-refractivity contribution is -0.387. The van der Waals surface area contributed by atoms with Crippen molar-refractivity contribution in [2.75, 3.05) is 5.32 Å². The standard InChI is InChI=1S/C13H9ClF2N2O2/c14-10-2-1-3-11(15)9(10)7-17-8-4-5-13(18(19)20)12(16)6-8/h1-6,17H,7H2. The molecule has 0 spiro atoms. The molecule has 0 radical (unpaired) electrons. The molecule has 0 fully saturated rings. The monoisotopic (exact) mass is 298 g/mol. The zero-order valence-electron chi connectivity index (χ0n) is 10.1. The quantitative estimate of drug-likeness (QED) is 0.682. The lowest BCUT2D eigenvalue weighted by Gasteiger charge is -2.09. The Bertz CT molecular complexity index is 645. The molecule has 0 aromatic heterocycles. The van der Waals surface area contributed by atoms with Gasteiger partial charge in [-0.3, -0.25) is 10.1 Å². The lowest BCUT2D eigenvalue weighted by atomic mass is 10.2. The number of nitro benzene ring substituents is 1. The SMILES string of the molecule is O=[N+]([O-])c1ccc(NCc2c(F)cccc2Cl)cc1F. The van der Waals surface area contributed by atoms with E-state index in [1.807, 2.05) is 0 Å². The van der Waals surface area contributed by atoms with E-state index < -0.39 is 22.2 Å². The minimum Gasteiger partial charge on any atom is -0.381 e. The highest BCUT2D eigenvalue weighted by atomic mass is 35.5. The van der Waals surface area contributed by atoms with E-state index >= 15 is 0 Å².